The van der Waals surface area contributed by atoms with Gasteiger partial charge in [-0.1, -0.05) is 30.3 Å². The second-order valence-corrected chi connectivity index (χ2v) is 7.50. The highest BCUT2D eigenvalue weighted by Gasteiger charge is 2.39. The molecule has 2 aromatic rings. The number of hydrogen-bond donors (Lipinski definition) is 0. The SMILES string of the molecule is COc1cccc(N(C(C)=O)C2=C(N3CCCCC3)C(=O)c3ccccc3C2=O)c1. The van der Waals surface area contributed by atoms with Gasteiger partial charge in [-0.05, 0) is 31.4 Å². The van der Waals surface area contributed by atoms with Crippen molar-refractivity contribution < 1.29 is 19.1 Å². The highest BCUT2D eigenvalue weighted by Crippen LogP contribution is 2.35. The molecule has 30 heavy (non-hydrogen) atoms. The maximum absolute atomic E-state index is 13.6. The molecular weight excluding hydrogens is 380 g/mol. The number of nitrogens with zero attached hydrogens (tertiary/aromatic N) is 2. The van der Waals surface area contributed by atoms with Gasteiger partial charge in [-0.2, -0.15) is 0 Å². The number of carbonyl (C=O) groups excluding carboxylic acids is 3. The van der Waals surface area contributed by atoms with Gasteiger partial charge in [0.2, 0.25) is 17.5 Å². The number of fused-ring (bicyclic) bond motifs is 1. The fourth-order valence-electron chi connectivity index (χ4n) is 4.19. The van der Waals surface area contributed by atoms with E-state index in [4.69, 9.17) is 4.74 Å². The van der Waals surface area contributed by atoms with E-state index in [1.54, 1.807) is 55.6 Å². The normalized spacial score (nSPS) is 16.4. The number of Topliss-reactive ketones (excluding diaryl/α,β-unsaturated/α-hetero) is 2. The number of ketones is 2. The third-order valence-electron chi connectivity index (χ3n) is 5.59. The van der Waals surface area contributed by atoms with Crippen molar-refractivity contribution >= 4 is 23.2 Å². The van der Waals surface area contributed by atoms with Gasteiger partial charge in [-0.3, -0.25) is 19.3 Å². The number of amides is 1. The van der Waals surface area contributed by atoms with E-state index in [0.717, 1.165) is 19.3 Å². The summed E-state index contributed by atoms with van der Waals surface area (Å²) in [5.41, 5.74) is 1.65. The molecule has 1 aliphatic heterocycles. The van der Waals surface area contributed by atoms with Gasteiger partial charge in [0.15, 0.2) is 0 Å². The number of allylic oxidation sites excluding steroid dienone is 2. The summed E-state index contributed by atoms with van der Waals surface area (Å²) in [7, 11) is 1.54. The molecule has 4 rings (SSSR count). The number of rotatable bonds is 4. The Kier molecular flexibility index (Phi) is 5.40. The monoisotopic (exact) mass is 404 g/mol. The van der Waals surface area contributed by atoms with Crippen LogP contribution in [-0.2, 0) is 4.79 Å². The highest BCUT2D eigenvalue weighted by atomic mass is 16.5. The second kappa shape index (κ2) is 8.14. The Bertz CT molecular complexity index is 1050. The largest absolute Gasteiger partial charge is 0.497 e. The maximum atomic E-state index is 13.6. The zero-order valence-corrected chi connectivity index (χ0v) is 17.2. The summed E-state index contributed by atoms with van der Waals surface area (Å²) in [4.78, 5) is 43.3. The van der Waals surface area contributed by atoms with Crippen LogP contribution in [0.3, 0.4) is 0 Å². The van der Waals surface area contributed by atoms with Crippen LogP contribution >= 0.6 is 0 Å². The Labute approximate surface area is 175 Å². The molecule has 0 radical (unpaired) electrons. The van der Waals surface area contributed by atoms with Crippen LogP contribution in [0.4, 0.5) is 5.69 Å². The van der Waals surface area contributed by atoms with E-state index in [9.17, 15) is 14.4 Å². The van der Waals surface area contributed by atoms with Gasteiger partial charge in [-0.15, -0.1) is 0 Å². The summed E-state index contributed by atoms with van der Waals surface area (Å²) >= 11 is 0. The molecule has 0 saturated carbocycles. The summed E-state index contributed by atoms with van der Waals surface area (Å²) in [6.07, 6.45) is 2.97. The predicted octanol–water partition coefficient (Wildman–Crippen LogP) is 3.82. The number of piperidine rings is 1. The number of likely N-dealkylation sites (tertiary alicyclic amines) is 1. The summed E-state index contributed by atoms with van der Waals surface area (Å²) in [5.74, 6) is -0.304. The first kappa shape index (κ1) is 19.9. The molecular formula is C24H24N2O4. The average molecular weight is 404 g/mol. The Morgan fingerprint density at radius 2 is 1.60 bits per heavy atom. The molecule has 1 fully saturated rings. The highest BCUT2D eigenvalue weighted by molar-refractivity contribution is 6.29. The lowest BCUT2D eigenvalue weighted by Crippen LogP contribution is -2.43. The molecule has 2 aromatic carbocycles. The molecule has 1 amide bonds. The van der Waals surface area contributed by atoms with Gasteiger partial charge in [-0.25, -0.2) is 0 Å². The first-order valence-corrected chi connectivity index (χ1v) is 10.2. The molecule has 0 bridgehead atoms. The lowest BCUT2D eigenvalue weighted by molar-refractivity contribution is -0.116. The van der Waals surface area contributed by atoms with E-state index in [1.807, 2.05) is 4.90 Å². The summed E-state index contributed by atoms with van der Waals surface area (Å²) in [6, 6.07) is 13.8. The molecule has 0 aromatic heterocycles. The topological polar surface area (TPSA) is 66.9 Å². The number of hydrogen-bond acceptors (Lipinski definition) is 5. The fourth-order valence-corrected chi connectivity index (χ4v) is 4.19. The lowest BCUT2D eigenvalue weighted by Gasteiger charge is -2.36. The molecule has 6 nitrogen and oxygen atoms in total. The first-order valence-electron chi connectivity index (χ1n) is 10.2. The minimum atomic E-state index is -0.340. The van der Waals surface area contributed by atoms with Crippen molar-refractivity contribution in [3.05, 3.63) is 71.1 Å². The van der Waals surface area contributed by atoms with Crippen LogP contribution in [-0.4, -0.2) is 42.6 Å². The van der Waals surface area contributed by atoms with E-state index in [2.05, 4.69) is 0 Å². The number of ether oxygens (including phenoxy) is 1. The Morgan fingerprint density at radius 1 is 0.933 bits per heavy atom. The lowest BCUT2D eigenvalue weighted by atomic mass is 9.88. The summed E-state index contributed by atoms with van der Waals surface area (Å²) < 4.78 is 5.30. The quantitative estimate of drug-likeness (QED) is 0.775. The molecule has 154 valence electrons. The second-order valence-electron chi connectivity index (χ2n) is 7.50. The Hall–Kier alpha value is -3.41. The smallest absolute Gasteiger partial charge is 0.228 e. The number of methoxy groups -OCH3 is 1. The van der Waals surface area contributed by atoms with Crippen molar-refractivity contribution in [1.29, 1.82) is 0 Å². The molecule has 6 heteroatoms. The van der Waals surface area contributed by atoms with Crippen LogP contribution in [0.2, 0.25) is 0 Å². The summed E-state index contributed by atoms with van der Waals surface area (Å²) in [6.45, 7) is 2.77. The number of carbonyl (C=O) groups is 3. The van der Waals surface area contributed by atoms with Gasteiger partial charge in [0.05, 0.1) is 12.8 Å². The molecule has 1 aliphatic carbocycles. The number of anilines is 1. The van der Waals surface area contributed by atoms with Crippen molar-refractivity contribution in [1.82, 2.24) is 4.90 Å². The van der Waals surface area contributed by atoms with Crippen molar-refractivity contribution in [2.45, 2.75) is 26.2 Å². The van der Waals surface area contributed by atoms with Gasteiger partial charge in [0.1, 0.15) is 17.1 Å². The van der Waals surface area contributed by atoms with Crippen molar-refractivity contribution in [3.8, 4) is 5.75 Å². The molecule has 0 spiro atoms. The van der Waals surface area contributed by atoms with Gasteiger partial charge >= 0.3 is 0 Å². The maximum Gasteiger partial charge on any atom is 0.228 e. The van der Waals surface area contributed by atoms with Crippen LogP contribution in [0, 0.1) is 0 Å². The van der Waals surface area contributed by atoms with Crippen molar-refractivity contribution in [2.75, 3.05) is 25.1 Å². The van der Waals surface area contributed by atoms with E-state index in [1.165, 1.54) is 11.8 Å². The van der Waals surface area contributed by atoms with E-state index in [-0.39, 0.29) is 23.2 Å². The Balaban J connectivity index is 1.95. The molecule has 2 aliphatic rings. The number of benzene rings is 2. The van der Waals surface area contributed by atoms with E-state index in [0.29, 0.717) is 41.4 Å². The molecule has 1 saturated heterocycles. The summed E-state index contributed by atoms with van der Waals surface area (Å²) in [5, 5.41) is 0. The van der Waals surface area contributed by atoms with E-state index >= 15 is 0 Å². The third-order valence-corrected chi connectivity index (χ3v) is 5.59. The molecule has 0 unspecified atom stereocenters. The minimum absolute atomic E-state index is 0.126. The van der Waals surface area contributed by atoms with Crippen LogP contribution < -0.4 is 9.64 Å². The van der Waals surface area contributed by atoms with Crippen molar-refractivity contribution in [3.63, 3.8) is 0 Å². The average Bonchev–Trinajstić information content (AvgIpc) is 2.78. The predicted molar refractivity (Wildman–Crippen MR) is 114 cm³/mol. The third kappa shape index (κ3) is 3.38. The van der Waals surface area contributed by atoms with Crippen LogP contribution in [0.25, 0.3) is 0 Å². The zero-order valence-electron chi connectivity index (χ0n) is 17.2. The Morgan fingerprint density at radius 3 is 2.23 bits per heavy atom. The van der Waals surface area contributed by atoms with Crippen molar-refractivity contribution in [2.24, 2.45) is 0 Å². The minimum Gasteiger partial charge on any atom is -0.497 e. The molecule has 1 heterocycles. The standard InChI is InChI=1S/C24H24N2O4/c1-16(27)26(17-9-8-10-18(15-17)30-2)22-21(25-13-6-3-7-14-25)23(28)19-11-4-5-12-20(19)24(22)29/h4-5,8-12,15H,3,6-7,13-14H2,1-2H3. The zero-order chi connectivity index (χ0) is 21.3. The first-order chi connectivity index (χ1) is 14.5. The molecule has 0 atom stereocenters. The van der Waals surface area contributed by atoms with Gasteiger partial charge in [0, 0.05) is 37.2 Å². The van der Waals surface area contributed by atoms with Gasteiger partial charge in [0.25, 0.3) is 0 Å². The van der Waals surface area contributed by atoms with Gasteiger partial charge < -0.3 is 9.64 Å². The van der Waals surface area contributed by atoms with Crippen LogP contribution in [0.5, 0.6) is 5.75 Å². The van der Waals surface area contributed by atoms with Crippen LogP contribution in [0.15, 0.2) is 59.9 Å². The molecule has 0 N–H and O–H groups in total. The van der Waals surface area contributed by atoms with Crippen LogP contribution in [0.1, 0.15) is 46.9 Å². The van der Waals surface area contributed by atoms with E-state index < -0.39 is 0 Å². The fraction of sp³-hybridized carbons (Fsp3) is 0.292.